The molecule has 0 aliphatic carbocycles. The average molecular weight is 229 g/mol. The van der Waals surface area contributed by atoms with Crippen LogP contribution >= 0.6 is 11.6 Å². The van der Waals surface area contributed by atoms with Gasteiger partial charge < -0.3 is 15.5 Å². The number of halogens is 1. The number of carbonyl (C=O) groups excluding carboxylic acids is 1. The van der Waals surface area contributed by atoms with Gasteiger partial charge in [-0.05, 0) is 6.08 Å². The molecule has 0 bridgehead atoms. The number of carbonyl (C=O) groups is 1. The number of H-pyrrole nitrogens is 1. The van der Waals surface area contributed by atoms with E-state index in [1.54, 1.807) is 19.3 Å². The molecule has 3 N–H and O–H groups in total. The van der Waals surface area contributed by atoms with E-state index in [1.165, 1.54) is 0 Å². The first-order valence-corrected chi connectivity index (χ1v) is 4.97. The number of ether oxygens (including phenoxy) is 1. The third kappa shape index (κ3) is 3.32. The summed E-state index contributed by atoms with van der Waals surface area (Å²) in [6.07, 6.45) is 3.75. The first kappa shape index (κ1) is 11.7. The van der Waals surface area contributed by atoms with Crippen molar-refractivity contribution in [1.82, 2.24) is 4.98 Å². The first-order chi connectivity index (χ1) is 7.17. The zero-order chi connectivity index (χ0) is 11.3. The highest BCUT2D eigenvalue weighted by atomic mass is 35.5. The number of rotatable bonds is 5. The number of aromatic nitrogens is 1. The van der Waals surface area contributed by atoms with Gasteiger partial charge in [0.25, 0.3) is 0 Å². The third-order valence-electron chi connectivity index (χ3n) is 1.84. The van der Waals surface area contributed by atoms with Gasteiger partial charge in [-0.25, -0.2) is 0 Å². The molecule has 0 aliphatic heterocycles. The molecular formula is C10H13ClN2O2. The summed E-state index contributed by atoms with van der Waals surface area (Å²) in [5, 5.41) is 0. The van der Waals surface area contributed by atoms with Gasteiger partial charge in [0.1, 0.15) is 5.75 Å². The van der Waals surface area contributed by atoms with Crippen molar-refractivity contribution in [2.75, 3.05) is 13.0 Å². The Morgan fingerprint density at radius 1 is 1.73 bits per heavy atom. The average Bonchev–Trinajstić information content (AvgIpc) is 2.56. The second-order valence-electron chi connectivity index (χ2n) is 2.97. The van der Waals surface area contributed by atoms with E-state index in [9.17, 15) is 4.79 Å². The molecule has 1 rings (SSSR count). The molecule has 0 saturated heterocycles. The van der Waals surface area contributed by atoms with Crippen molar-refractivity contribution in [1.29, 1.82) is 0 Å². The molecule has 0 spiro atoms. The largest absolute Gasteiger partial charge is 0.495 e. The topological polar surface area (TPSA) is 68.1 Å². The van der Waals surface area contributed by atoms with Crippen LogP contribution in [-0.2, 0) is 11.2 Å². The minimum Gasteiger partial charge on any atom is -0.495 e. The minimum absolute atomic E-state index is 0.137. The van der Waals surface area contributed by atoms with Crippen LogP contribution in [0.3, 0.4) is 0 Å². The maximum Gasteiger partial charge on any atom is 0.223 e. The zero-order valence-corrected chi connectivity index (χ0v) is 9.17. The number of methoxy groups -OCH3 is 1. The molecule has 82 valence electrons. The molecule has 0 aromatic carbocycles. The molecule has 4 nitrogen and oxygen atoms in total. The van der Waals surface area contributed by atoms with Crippen molar-refractivity contribution in [2.45, 2.75) is 6.42 Å². The summed E-state index contributed by atoms with van der Waals surface area (Å²) >= 11 is 5.51. The Bertz CT molecular complexity index is 371. The van der Waals surface area contributed by atoms with E-state index >= 15 is 0 Å². The van der Waals surface area contributed by atoms with Crippen molar-refractivity contribution in [3.63, 3.8) is 0 Å². The van der Waals surface area contributed by atoms with E-state index in [1.807, 2.05) is 6.08 Å². The Balaban J connectivity index is 2.89. The number of hydrogen-bond donors (Lipinski definition) is 2. The van der Waals surface area contributed by atoms with Crippen molar-refractivity contribution in [2.24, 2.45) is 5.73 Å². The molecule has 0 radical (unpaired) electrons. The minimum atomic E-state index is -0.400. The lowest BCUT2D eigenvalue weighted by Crippen LogP contribution is -2.14. The summed E-state index contributed by atoms with van der Waals surface area (Å²) < 4.78 is 5.10. The highest BCUT2D eigenvalue weighted by molar-refractivity contribution is 6.19. The second kappa shape index (κ2) is 5.46. The van der Waals surface area contributed by atoms with Gasteiger partial charge in [-0.2, -0.15) is 0 Å². The number of primary amides is 1. The van der Waals surface area contributed by atoms with E-state index in [0.717, 1.165) is 5.69 Å². The van der Waals surface area contributed by atoms with Gasteiger partial charge in [0, 0.05) is 17.6 Å². The molecular weight excluding hydrogens is 216 g/mol. The second-order valence-corrected chi connectivity index (χ2v) is 3.28. The number of nitrogens with two attached hydrogens (primary N) is 1. The first-order valence-electron chi connectivity index (χ1n) is 4.44. The molecule has 0 atom stereocenters. The van der Waals surface area contributed by atoms with Gasteiger partial charge in [-0.1, -0.05) is 6.08 Å². The zero-order valence-electron chi connectivity index (χ0n) is 8.42. The summed E-state index contributed by atoms with van der Waals surface area (Å²) in [5.41, 5.74) is 6.62. The maximum absolute atomic E-state index is 10.8. The van der Waals surface area contributed by atoms with Crippen LogP contribution in [0, 0.1) is 0 Å². The molecule has 5 heteroatoms. The van der Waals surface area contributed by atoms with Crippen LogP contribution in [0.2, 0.25) is 0 Å². The number of hydrogen-bond acceptors (Lipinski definition) is 2. The highest BCUT2D eigenvalue weighted by Gasteiger charge is 2.09. The summed E-state index contributed by atoms with van der Waals surface area (Å²) in [6, 6.07) is 1.79. The Labute approximate surface area is 93.1 Å². The van der Waals surface area contributed by atoms with E-state index in [0.29, 0.717) is 17.3 Å². The van der Waals surface area contributed by atoms with Crippen LogP contribution in [-0.4, -0.2) is 23.9 Å². The van der Waals surface area contributed by atoms with Gasteiger partial charge in [-0.15, -0.1) is 11.6 Å². The predicted octanol–water partition coefficient (Wildman–Crippen LogP) is 1.30. The van der Waals surface area contributed by atoms with Crippen molar-refractivity contribution in [3.8, 4) is 5.75 Å². The van der Waals surface area contributed by atoms with E-state index in [-0.39, 0.29) is 6.42 Å². The van der Waals surface area contributed by atoms with Crippen LogP contribution < -0.4 is 10.5 Å². The maximum atomic E-state index is 10.8. The predicted molar refractivity (Wildman–Crippen MR) is 60.0 cm³/mol. The van der Waals surface area contributed by atoms with Gasteiger partial charge in [0.15, 0.2) is 0 Å². The molecule has 0 aliphatic rings. The SMILES string of the molecule is COc1cc(/C=C\CCl)[nH]c1CC(N)=O. The van der Waals surface area contributed by atoms with Gasteiger partial charge in [-0.3, -0.25) is 4.79 Å². The van der Waals surface area contributed by atoms with Crippen LogP contribution in [0.25, 0.3) is 6.08 Å². The molecule has 0 unspecified atom stereocenters. The van der Waals surface area contributed by atoms with Crippen LogP contribution in [0.1, 0.15) is 11.4 Å². The van der Waals surface area contributed by atoms with Crippen LogP contribution in [0.5, 0.6) is 5.75 Å². The van der Waals surface area contributed by atoms with E-state index in [4.69, 9.17) is 22.1 Å². The van der Waals surface area contributed by atoms with Crippen LogP contribution in [0.15, 0.2) is 12.1 Å². The monoisotopic (exact) mass is 228 g/mol. The molecule has 0 fully saturated rings. The Kier molecular flexibility index (Phi) is 4.24. The standard InChI is InChI=1S/C10H13ClN2O2/c1-15-9-5-7(3-2-4-11)13-8(9)6-10(12)14/h2-3,5,13H,4,6H2,1H3,(H2,12,14)/b3-2-. The lowest BCUT2D eigenvalue weighted by atomic mass is 10.3. The van der Waals surface area contributed by atoms with Gasteiger partial charge in [0.05, 0.1) is 19.2 Å². The Hall–Kier alpha value is -1.42. The number of nitrogens with one attached hydrogen (secondary N) is 1. The van der Waals surface area contributed by atoms with Crippen molar-refractivity contribution in [3.05, 3.63) is 23.5 Å². The number of allylic oxidation sites excluding steroid dienone is 1. The smallest absolute Gasteiger partial charge is 0.223 e. The third-order valence-corrected chi connectivity index (χ3v) is 2.01. The molecule has 1 heterocycles. The fourth-order valence-corrected chi connectivity index (χ4v) is 1.34. The lowest BCUT2D eigenvalue weighted by molar-refractivity contribution is -0.117. The summed E-state index contributed by atoms with van der Waals surface area (Å²) in [7, 11) is 1.54. The van der Waals surface area contributed by atoms with Gasteiger partial charge in [0.2, 0.25) is 5.91 Å². The van der Waals surface area contributed by atoms with Gasteiger partial charge >= 0.3 is 0 Å². The number of aromatic amines is 1. The summed E-state index contributed by atoms with van der Waals surface area (Å²) in [4.78, 5) is 13.8. The summed E-state index contributed by atoms with van der Waals surface area (Å²) in [5.74, 6) is 0.665. The van der Waals surface area contributed by atoms with Crippen LogP contribution in [0.4, 0.5) is 0 Å². The molecule has 1 aromatic rings. The Morgan fingerprint density at radius 2 is 2.47 bits per heavy atom. The summed E-state index contributed by atoms with van der Waals surface area (Å²) in [6.45, 7) is 0. The van der Waals surface area contributed by atoms with Crippen molar-refractivity contribution >= 4 is 23.6 Å². The molecule has 15 heavy (non-hydrogen) atoms. The van der Waals surface area contributed by atoms with Crippen molar-refractivity contribution < 1.29 is 9.53 Å². The Morgan fingerprint density at radius 3 is 3.00 bits per heavy atom. The highest BCUT2D eigenvalue weighted by Crippen LogP contribution is 2.20. The fourth-order valence-electron chi connectivity index (χ4n) is 1.25. The fraction of sp³-hybridized carbons (Fsp3) is 0.300. The van der Waals surface area contributed by atoms with E-state index in [2.05, 4.69) is 4.98 Å². The molecule has 0 saturated carbocycles. The molecule has 1 aromatic heterocycles. The van der Waals surface area contributed by atoms with E-state index < -0.39 is 5.91 Å². The normalized spacial score (nSPS) is 10.8. The quantitative estimate of drug-likeness (QED) is 0.746. The number of amides is 1. The molecule has 1 amide bonds. The lowest BCUT2D eigenvalue weighted by Gasteiger charge is -1.98. The number of alkyl halides is 1.